The van der Waals surface area contributed by atoms with Crippen LogP contribution in [-0.2, 0) is 38.0 Å². The zero-order chi connectivity index (χ0) is 22.0. The molecule has 162 valence electrons. The number of H-pyrrole nitrogens is 1. The Balaban J connectivity index is 1.77. The van der Waals surface area contributed by atoms with Crippen molar-refractivity contribution >= 4 is 21.8 Å². The number of ether oxygens (including phenoxy) is 1. The third-order valence-corrected chi connectivity index (χ3v) is 5.66. The molecule has 0 aliphatic heterocycles. The van der Waals surface area contributed by atoms with E-state index in [1.807, 2.05) is 37.4 Å². The molecule has 0 amide bonds. The van der Waals surface area contributed by atoms with Gasteiger partial charge in [0, 0.05) is 55.7 Å². The van der Waals surface area contributed by atoms with E-state index in [4.69, 9.17) is 4.74 Å². The number of pyridine rings is 1. The van der Waals surface area contributed by atoms with Gasteiger partial charge in [0.05, 0.1) is 5.69 Å². The smallest absolute Gasteiger partial charge is 0.274 e. The molecule has 0 aliphatic rings. The average Bonchev–Trinajstić information content (AvgIpc) is 3.39. The van der Waals surface area contributed by atoms with Gasteiger partial charge in [-0.05, 0) is 36.2 Å². The van der Waals surface area contributed by atoms with Crippen LogP contribution in [0.3, 0.4) is 0 Å². The van der Waals surface area contributed by atoms with Gasteiger partial charge in [0.25, 0.3) is 5.56 Å². The number of hydrogen-bond donors (Lipinski definition) is 3. The predicted molar refractivity (Wildman–Crippen MR) is 119 cm³/mol. The van der Waals surface area contributed by atoms with Gasteiger partial charge < -0.3 is 14.3 Å². The first-order valence-corrected chi connectivity index (χ1v) is 10.9. The highest BCUT2D eigenvalue weighted by atomic mass is 32.2. The molecule has 3 heterocycles. The lowest BCUT2D eigenvalue weighted by Crippen LogP contribution is -2.17. The molecule has 9 nitrogen and oxygen atoms in total. The lowest BCUT2D eigenvalue weighted by molar-refractivity contribution is 0.296. The monoisotopic (exact) mass is 441 g/mol. The summed E-state index contributed by atoms with van der Waals surface area (Å²) in [4.78, 5) is 15.5. The molecule has 1 aromatic carbocycles. The van der Waals surface area contributed by atoms with Crippen LogP contribution in [0, 0.1) is 0 Å². The Kier molecular flexibility index (Phi) is 5.92. The van der Waals surface area contributed by atoms with E-state index in [-0.39, 0.29) is 5.56 Å². The molecular weight excluding hydrogens is 418 g/mol. The molecule has 0 atom stereocenters. The third kappa shape index (κ3) is 4.39. The largest absolute Gasteiger partial charge is 0.487 e. The van der Waals surface area contributed by atoms with E-state index < -0.39 is 10.9 Å². The summed E-state index contributed by atoms with van der Waals surface area (Å²) >= 11 is 0. The summed E-state index contributed by atoms with van der Waals surface area (Å²) in [7, 11) is 0.929. The molecule has 0 radical (unpaired) electrons. The van der Waals surface area contributed by atoms with Crippen LogP contribution in [0.1, 0.15) is 11.3 Å². The Morgan fingerprint density at radius 1 is 1.16 bits per heavy atom. The number of nitrogens with zero attached hydrogens (tertiary/aromatic N) is 3. The molecule has 10 heteroatoms. The molecule has 0 fully saturated rings. The van der Waals surface area contributed by atoms with Crippen LogP contribution in [0.2, 0.25) is 0 Å². The van der Waals surface area contributed by atoms with Crippen molar-refractivity contribution in [2.24, 2.45) is 14.1 Å². The van der Waals surface area contributed by atoms with Gasteiger partial charge in [0.15, 0.2) is 0 Å². The van der Waals surface area contributed by atoms with Crippen LogP contribution in [0.25, 0.3) is 22.0 Å². The Hall–Kier alpha value is -3.37. The lowest BCUT2D eigenvalue weighted by atomic mass is 9.99. The molecule has 3 aromatic heterocycles. The first kappa shape index (κ1) is 20.9. The Labute approximate surface area is 180 Å². The van der Waals surface area contributed by atoms with Crippen LogP contribution < -0.4 is 15.0 Å². The summed E-state index contributed by atoms with van der Waals surface area (Å²) < 4.78 is 33.5. The van der Waals surface area contributed by atoms with Crippen molar-refractivity contribution in [2.75, 3.05) is 6.54 Å². The second kappa shape index (κ2) is 8.78. The van der Waals surface area contributed by atoms with Gasteiger partial charge in [-0.3, -0.25) is 9.48 Å². The van der Waals surface area contributed by atoms with E-state index in [0.717, 1.165) is 27.8 Å². The van der Waals surface area contributed by atoms with E-state index in [1.54, 1.807) is 30.3 Å². The Morgan fingerprint density at radius 2 is 2.00 bits per heavy atom. The highest BCUT2D eigenvalue weighted by molar-refractivity contribution is 7.70. The van der Waals surface area contributed by atoms with E-state index in [1.165, 1.54) is 4.57 Å². The molecule has 0 spiro atoms. The number of nitrogens with one attached hydrogen (secondary N) is 2. The summed E-state index contributed by atoms with van der Waals surface area (Å²) in [5.74, 6) is 0.661. The quantitative estimate of drug-likeness (QED) is 0.359. The molecule has 2 N–H and O–H groups in total. The van der Waals surface area contributed by atoms with Crippen molar-refractivity contribution in [3.63, 3.8) is 0 Å². The highest BCUT2D eigenvalue weighted by Crippen LogP contribution is 2.35. The molecule has 31 heavy (non-hydrogen) atoms. The number of thiol groups is 1. The summed E-state index contributed by atoms with van der Waals surface area (Å²) in [5, 5.41) is 4.96. The fourth-order valence-corrected chi connectivity index (χ4v) is 3.83. The molecule has 0 saturated heterocycles. The number of benzene rings is 1. The zero-order valence-electron chi connectivity index (χ0n) is 17.2. The number of fused-ring (bicyclic) bond motifs is 1. The van der Waals surface area contributed by atoms with Gasteiger partial charge in [-0.25, -0.2) is 13.1 Å². The predicted octanol–water partition coefficient (Wildman–Crippen LogP) is 1.50. The second-order valence-corrected chi connectivity index (χ2v) is 8.04. The van der Waals surface area contributed by atoms with Gasteiger partial charge in [-0.15, -0.1) is 0 Å². The summed E-state index contributed by atoms with van der Waals surface area (Å²) in [6, 6.07) is 9.53. The molecule has 0 saturated carbocycles. The van der Waals surface area contributed by atoms with Gasteiger partial charge >= 0.3 is 0 Å². The van der Waals surface area contributed by atoms with Gasteiger partial charge in [-0.2, -0.15) is 5.10 Å². The number of aromatic nitrogens is 4. The maximum atomic E-state index is 12.5. The molecule has 0 unspecified atom stereocenters. The molecule has 0 bridgehead atoms. The standard InChI is InChI=1S/C21H23N5O4S/c1-25-12-18(16-7-8-22-20(16)21(25)27)17-11-14(5-10-24-31(28)29)3-4-19(17)30-13-15-6-9-23-26(15)2/h3-4,6-9,11-12,22,31H,5,10,13H2,1-2H3,(H,24,28,29). The molecule has 4 rings (SSSR count). The van der Waals surface area contributed by atoms with E-state index in [9.17, 15) is 13.2 Å². The van der Waals surface area contributed by atoms with E-state index >= 15 is 0 Å². The minimum absolute atomic E-state index is 0.110. The second-order valence-electron chi connectivity index (χ2n) is 7.21. The Morgan fingerprint density at radius 3 is 2.74 bits per heavy atom. The summed E-state index contributed by atoms with van der Waals surface area (Å²) in [6.07, 6.45) is 5.78. The topological polar surface area (TPSA) is 111 Å². The van der Waals surface area contributed by atoms with Crippen molar-refractivity contribution in [2.45, 2.75) is 13.0 Å². The fourth-order valence-electron chi connectivity index (χ4n) is 3.54. The lowest BCUT2D eigenvalue weighted by Gasteiger charge is -2.15. The summed E-state index contributed by atoms with van der Waals surface area (Å²) in [5.41, 5.74) is 3.96. The number of hydrogen-bond acceptors (Lipinski definition) is 5. The minimum atomic E-state index is -2.63. The van der Waals surface area contributed by atoms with E-state index in [0.29, 0.717) is 30.8 Å². The van der Waals surface area contributed by atoms with Crippen LogP contribution in [0.15, 0.2) is 53.7 Å². The van der Waals surface area contributed by atoms with Crippen LogP contribution >= 0.6 is 0 Å². The third-order valence-electron chi connectivity index (χ3n) is 5.18. The van der Waals surface area contributed by atoms with Gasteiger partial charge in [-0.1, -0.05) is 6.07 Å². The first-order chi connectivity index (χ1) is 14.9. The van der Waals surface area contributed by atoms with Crippen molar-refractivity contribution in [1.82, 2.24) is 24.1 Å². The van der Waals surface area contributed by atoms with Gasteiger partial charge in [0.1, 0.15) is 17.9 Å². The van der Waals surface area contributed by atoms with Crippen LogP contribution in [0.4, 0.5) is 0 Å². The number of aromatic amines is 1. The maximum absolute atomic E-state index is 12.5. The molecular formula is C21H23N5O4S. The van der Waals surface area contributed by atoms with Gasteiger partial charge in [0.2, 0.25) is 10.9 Å². The Bertz CT molecular complexity index is 1360. The first-order valence-electron chi connectivity index (χ1n) is 9.71. The number of rotatable bonds is 8. The maximum Gasteiger partial charge on any atom is 0.274 e. The molecule has 4 aromatic rings. The van der Waals surface area contributed by atoms with Crippen molar-refractivity contribution in [3.8, 4) is 16.9 Å². The SMILES string of the molecule is Cn1nccc1COc1ccc(CCN[SH](=O)=O)cc1-c1cn(C)c(=O)c2[nH]ccc12. The van der Waals surface area contributed by atoms with Crippen molar-refractivity contribution < 1.29 is 13.2 Å². The van der Waals surface area contributed by atoms with Crippen molar-refractivity contribution in [3.05, 3.63) is 70.5 Å². The van der Waals surface area contributed by atoms with Crippen LogP contribution in [0.5, 0.6) is 5.75 Å². The van der Waals surface area contributed by atoms with Crippen LogP contribution in [-0.4, -0.2) is 34.3 Å². The average molecular weight is 442 g/mol. The molecule has 0 aliphatic carbocycles. The minimum Gasteiger partial charge on any atom is -0.487 e. The zero-order valence-corrected chi connectivity index (χ0v) is 18.1. The van der Waals surface area contributed by atoms with E-state index in [2.05, 4.69) is 14.8 Å². The fraction of sp³-hybridized carbons (Fsp3) is 0.238. The number of aryl methyl sites for hydroxylation is 2. The highest BCUT2D eigenvalue weighted by Gasteiger charge is 2.15. The normalized spacial score (nSPS) is 11.5. The van der Waals surface area contributed by atoms with Crippen molar-refractivity contribution in [1.29, 1.82) is 0 Å². The summed E-state index contributed by atoms with van der Waals surface area (Å²) in [6.45, 7) is 0.642.